The topological polar surface area (TPSA) is 89.6 Å². The number of hydrogen-bond donors (Lipinski definition) is 3. The predicted molar refractivity (Wildman–Crippen MR) is 106 cm³/mol. The lowest BCUT2D eigenvalue weighted by molar-refractivity contribution is -0.158. The first-order valence-corrected chi connectivity index (χ1v) is 9.98. The minimum Gasteiger partial charge on any atom is -0.366 e. The van der Waals surface area contributed by atoms with Crippen molar-refractivity contribution in [2.24, 2.45) is 0 Å². The number of nitrogens with one attached hydrogen (secondary N) is 3. The third-order valence-electron chi connectivity index (χ3n) is 5.64. The number of urea groups is 1. The second-order valence-corrected chi connectivity index (χ2v) is 7.84. The van der Waals surface area contributed by atoms with Crippen molar-refractivity contribution in [3.05, 3.63) is 47.6 Å². The van der Waals surface area contributed by atoms with Crippen LogP contribution < -0.4 is 16.0 Å². The summed E-state index contributed by atoms with van der Waals surface area (Å²) >= 11 is 0. The van der Waals surface area contributed by atoms with Gasteiger partial charge in [-0.15, -0.1) is 0 Å². The molecule has 0 saturated carbocycles. The van der Waals surface area contributed by atoms with Crippen LogP contribution >= 0.6 is 0 Å². The maximum Gasteiger partial charge on any atom is 0.408 e. The fourth-order valence-corrected chi connectivity index (χ4v) is 4.09. The summed E-state index contributed by atoms with van der Waals surface area (Å²) in [5.41, 5.74) is 1.50. The highest BCUT2D eigenvalue weighted by atomic mass is 19.4. The van der Waals surface area contributed by atoms with Crippen molar-refractivity contribution in [1.29, 1.82) is 0 Å². The standard InChI is InChI=1S/C20H23F3N6O2/c1-11-9-14(18(30)25-12(2)20(21,22)23)26-17-16(11)28-8-6-13(10-28)29(17)19(31)27-15-5-3-4-7-24-15/h3-5,7,9,12-14,26H,6,8,10H2,1-2H3,(H,25,30)(H,24,27,31)/t12-,13?,14?/m1/s1. The van der Waals surface area contributed by atoms with Crippen LogP contribution in [0.25, 0.3) is 0 Å². The summed E-state index contributed by atoms with van der Waals surface area (Å²) in [6, 6.07) is 1.57. The molecular weight excluding hydrogens is 413 g/mol. The first-order valence-electron chi connectivity index (χ1n) is 9.98. The Hall–Kier alpha value is -3.24. The molecule has 3 aliphatic rings. The summed E-state index contributed by atoms with van der Waals surface area (Å²) in [6.45, 7) is 4.06. The van der Waals surface area contributed by atoms with Crippen LogP contribution in [0.2, 0.25) is 0 Å². The van der Waals surface area contributed by atoms with E-state index in [1.807, 2.05) is 5.32 Å². The molecule has 4 heterocycles. The summed E-state index contributed by atoms with van der Waals surface area (Å²) in [7, 11) is 0. The average Bonchev–Trinajstić information content (AvgIpc) is 3.11. The largest absolute Gasteiger partial charge is 0.408 e. The summed E-state index contributed by atoms with van der Waals surface area (Å²) < 4.78 is 38.6. The van der Waals surface area contributed by atoms with Crippen LogP contribution in [0.1, 0.15) is 20.3 Å². The summed E-state index contributed by atoms with van der Waals surface area (Å²) in [5, 5.41) is 7.73. The van der Waals surface area contributed by atoms with E-state index in [-0.39, 0.29) is 6.04 Å². The number of halogens is 3. The monoisotopic (exact) mass is 436 g/mol. The molecule has 1 aromatic heterocycles. The zero-order valence-corrected chi connectivity index (χ0v) is 17.0. The van der Waals surface area contributed by atoms with Crippen LogP contribution in [0.4, 0.5) is 23.8 Å². The normalized spacial score (nSPS) is 23.6. The first kappa shape index (κ1) is 21.0. The molecule has 3 N–H and O–H groups in total. The van der Waals surface area contributed by atoms with Crippen LogP contribution in [0.5, 0.6) is 0 Å². The van der Waals surface area contributed by atoms with Crippen LogP contribution in [-0.4, -0.2) is 64.1 Å². The smallest absolute Gasteiger partial charge is 0.366 e. The number of carbonyl (C=O) groups excluding carboxylic acids is 2. The molecule has 4 rings (SSSR count). The van der Waals surface area contributed by atoms with Crippen molar-refractivity contribution in [3.63, 3.8) is 0 Å². The fourth-order valence-electron chi connectivity index (χ4n) is 4.09. The molecule has 1 fully saturated rings. The fraction of sp³-hybridized carbons (Fsp3) is 0.450. The van der Waals surface area contributed by atoms with Crippen molar-refractivity contribution in [2.45, 2.75) is 44.6 Å². The van der Waals surface area contributed by atoms with E-state index in [2.05, 4.69) is 20.5 Å². The zero-order chi connectivity index (χ0) is 22.3. The lowest BCUT2D eigenvalue weighted by Crippen LogP contribution is -2.57. The average molecular weight is 436 g/mol. The highest BCUT2D eigenvalue weighted by Gasteiger charge is 2.45. The van der Waals surface area contributed by atoms with Crippen LogP contribution in [0.3, 0.4) is 0 Å². The summed E-state index contributed by atoms with van der Waals surface area (Å²) in [5.74, 6) is -0.0119. The Morgan fingerprint density at radius 1 is 1.32 bits per heavy atom. The number of anilines is 1. The third-order valence-corrected chi connectivity index (χ3v) is 5.64. The Bertz CT molecular complexity index is 946. The molecular formula is C20H23F3N6O2. The molecule has 0 radical (unpaired) electrons. The van der Waals surface area contributed by atoms with Gasteiger partial charge in [0.1, 0.15) is 23.7 Å². The zero-order valence-electron chi connectivity index (χ0n) is 17.0. The van der Waals surface area contributed by atoms with E-state index < -0.39 is 30.2 Å². The number of dihydropyridines is 1. The Labute approximate surface area is 177 Å². The Kier molecular flexibility index (Phi) is 5.28. The molecule has 0 aromatic carbocycles. The Morgan fingerprint density at radius 3 is 2.77 bits per heavy atom. The molecule has 2 unspecified atom stereocenters. The number of rotatable bonds is 3. The molecule has 0 aliphatic carbocycles. The van der Waals surface area contributed by atoms with Gasteiger partial charge in [0.05, 0.1) is 11.7 Å². The molecule has 2 bridgehead atoms. The van der Waals surface area contributed by atoms with Gasteiger partial charge in [-0.3, -0.25) is 15.0 Å². The van der Waals surface area contributed by atoms with E-state index >= 15 is 0 Å². The number of alkyl halides is 3. The van der Waals surface area contributed by atoms with Crippen molar-refractivity contribution >= 4 is 17.8 Å². The van der Waals surface area contributed by atoms with Gasteiger partial charge in [-0.25, -0.2) is 9.78 Å². The van der Waals surface area contributed by atoms with E-state index in [0.29, 0.717) is 18.2 Å². The molecule has 0 spiro atoms. The Morgan fingerprint density at radius 2 is 2.10 bits per heavy atom. The lowest BCUT2D eigenvalue weighted by Gasteiger charge is -2.42. The number of amides is 3. The number of fused-ring (bicyclic) bond motifs is 3. The van der Waals surface area contributed by atoms with E-state index in [4.69, 9.17) is 0 Å². The molecule has 166 valence electrons. The Balaban J connectivity index is 1.59. The molecule has 1 aromatic rings. The van der Waals surface area contributed by atoms with Gasteiger partial charge in [0.15, 0.2) is 0 Å². The van der Waals surface area contributed by atoms with Gasteiger partial charge >= 0.3 is 12.2 Å². The van der Waals surface area contributed by atoms with Gasteiger partial charge in [-0.05, 0) is 44.1 Å². The van der Waals surface area contributed by atoms with Crippen LogP contribution in [0, 0.1) is 0 Å². The van der Waals surface area contributed by atoms with Gasteiger partial charge < -0.3 is 15.5 Å². The van der Waals surface area contributed by atoms with Crippen molar-refractivity contribution in [2.75, 3.05) is 18.4 Å². The van der Waals surface area contributed by atoms with Crippen molar-refractivity contribution in [3.8, 4) is 0 Å². The quantitative estimate of drug-likeness (QED) is 0.676. The first-order chi connectivity index (χ1) is 14.6. The minimum absolute atomic E-state index is 0.126. The summed E-state index contributed by atoms with van der Waals surface area (Å²) in [4.78, 5) is 33.4. The number of nitrogens with zero attached hydrogens (tertiary/aromatic N) is 3. The highest BCUT2D eigenvalue weighted by Crippen LogP contribution is 2.36. The number of aromatic nitrogens is 1. The van der Waals surface area contributed by atoms with Crippen LogP contribution in [0.15, 0.2) is 47.6 Å². The van der Waals surface area contributed by atoms with E-state index in [1.54, 1.807) is 42.3 Å². The van der Waals surface area contributed by atoms with Gasteiger partial charge in [0.25, 0.3) is 0 Å². The minimum atomic E-state index is -4.54. The van der Waals surface area contributed by atoms with E-state index in [1.165, 1.54) is 0 Å². The second kappa shape index (κ2) is 7.78. The molecule has 3 aliphatic heterocycles. The number of carbonyl (C=O) groups is 2. The third kappa shape index (κ3) is 4.04. The molecule has 8 nitrogen and oxygen atoms in total. The molecule has 11 heteroatoms. The number of pyridine rings is 1. The van der Waals surface area contributed by atoms with Crippen molar-refractivity contribution in [1.82, 2.24) is 25.4 Å². The maximum atomic E-state index is 13.1. The van der Waals surface area contributed by atoms with E-state index in [9.17, 15) is 22.8 Å². The lowest BCUT2D eigenvalue weighted by atomic mass is 10.0. The summed E-state index contributed by atoms with van der Waals surface area (Å²) in [6.07, 6.45) is -0.663. The SMILES string of the molecule is CC1=CC(C(=O)N[C@H](C)C(F)(F)F)NC2=C1N1CCC(C1)N2C(=O)Nc1ccccn1. The number of hydrogen-bond acceptors (Lipinski definition) is 5. The van der Waals surface area contributed by atoms with Crippen molar-refractivity contribution < 1.29 is 22.8 Å². The molecule has 3 atom stereocenters. The van der Waals surface area contributed by atoms with Gasteiger partial charge in [0.2, 0.25) is 5.91 Å². The second-order valence-electron chi connectivity index (χ2n) is 7.84. The number of allylic oxidation sites excluding steroid dienone is 1. The molecule has 31 heavy (non-hydrogen) atoms. The van der Waals surface area contributed by atoms with Gasteiger partial charge in [-0.2, -0.15) is 13.2 Å². The molecule has 1 saturated heterocycles. The highest BCUT2D eigenvalue weighted by molar-refractivity contribution is 5.91. The predicted octanol–water partition coefficient (Wildman–Crippen LogP) is 2.16. The maximum absolute atomic E-state index is 13.1. The van der Waals surface area contributed by atoms with Crippen LogP contribution in [-0.2, 0) is 4.79 Å². The van der Waals surface area contributed by atoms with E-state index in [0.717, 1.165) is 31.2 Å². The van der Waals surface area contributed by atoms with Gasteiger partial charge in [-0.1, -0.05) is 6.07 Å². The molecule has 3 amide bonds. The van der Waals surface area contributed by atoms with Gasteiger partial charge in [0, 0.05) is 19.3 Å².